The molecule has 0 fully saturated rings. The average molecular weight is 420 g/mol. The first kappa shape index (κ1) is 22.7. The molecule has 0 saturated carbocycles. The number of rotatable bonds is 9. The molecule has 1 N–H and O–H groups in total. The fraction of sp³-hybridized carbons (Fsp3) is 0.381. The summed E-state index contributed by atoms with van der Waals surface area (Å²) in [5, 5.41) is 4.36. The monoisotopic (exact) mass is 419 g/mol. The summed E-state index contributed by atoms with van der Waals surface area (Å²) in [6, 6.07) is 4.79. The van der Waals surface area contributed by atoms with Gasteiger partial charge in [-0.25, -0.2) is 22.8 Å². The largest absolute Gasteiger partial charge is 0.376 e. The van der Waals surface area contributed by atoms with Crippen LogP contribution in [-0.4, -0.2) is 30.4 Å². The molecule has 0 aliphatic rings. The molecule has 0 unspecified atom stereocenters. The van der Waals surface area contributed by atoms with Gasteiger partial charge in [-0.05, 0) is 43.4 Å². The fourth-order valence-electron chi connectivity index (χ4n) is 2.81. The number of nitrogens with one attached hydrogen (secondary N) is 1. The minimum Gasteiger partial charge on any atom is -0.376 e. The van der Waals surface area contributed by atoms with Gasteiger partial charge in [0.2, 0.25) is 0 Å². The van der Waals surface area contributed by atoms with Crippen LogP contribution in [0.2, 0.25) is 0 Å². The fourth-order valence-corrected chi connectivity index (χ4v) is 3.36. The number of halogens is 1. The van der Waals surface area contributed by atoms with E-state index in [1.807, 2.05) is 19.9 Å². The van der Waals surface area contributed by atoms with Gasteiger partial charge in [0.1, 0.15) is 5.82 Å². The summed E-state index contributed by atoms with van der Waals surface area (Å²) in [6.45, 7) is 5.48. The number of nitrogens with zero attached hydrogens (tertiary/aromatic N) is 2. The number of carbonyl (C=O) groups excluding carboxylic acids is 1. The maximum absolute atomic E-state index is 13.7. The summed E-state index contributed by atoms with van der Waals surface area (Å²) >= 11 is 0. The summed E-state index contributed by atoms with van der Waals surface area (Å²) in [4.78, 5) is 20.5. The Balaban J connectivity index is 1.94. The van der Waals surface area contributed by atoms with Gasteiger partial charge in [0.05, 0.1) is 18.1 Å². The Morgan fingerprint density at radius 2 is 1.90 bits per heavy atom. The first-order valence-electron chi connectivity index (χ1n) is 9.32. The standard InChI is InChI=1S/C21H26FN3O3S/c1-14(10-11-29(4,27)28)8-9-20(26)21-23-12-17(13-24-21)25-16(3)18-6-5-7-19(22)15(18)2/h5-7,10-14,16,25H,8-9H2,1-4H3/b11-10+/t14-,16-/m0/s1. The predicted octanol–water partition coefficient (Wildman–Crippen LogP) is 4.25. The molecule has 0 saturated heterocycles. The van der Waals surface area contributed by atoms with E-state index in [9.17, 15) is 17.6 Å². The van der Waals surface area contributed by atoms with Gasteiger partial charge in [-0.2, -0.15) is 0 Å². The van der Waals surface area contributed by atoms with Crippen molar-refractivity contribution in [1.29, 1.82) is 0 Å². The zero-order valence-corrected chi connectivity index (χ0v) is 17.8. The Labute approximate surface area is 171 Å². The highest BCUT2D eigenvalue weighted by Gasteiger charge is 2.14. The Morgan fingerprint density at radius 3 is 2.52 bits per heavy atom. The van der Waals surface area contributed by atoms with Crippen molar-refractivity contribution in [2.45, 2.75) is 39.7 Å². The molecule has 1 aromatic carbocycles. The molecule has 2 atom stereocenters. The van der Waals surface area contributed by atoms with Crippen molar-refractivity contribution in [3.05, 3.63) is 64.8 Å². The molecule has 0 bridgehead atoms. The highest BCUT2D eigenvalue weighted by atomic mass is 32.2. The average Bonchev–Trinajstić information content (AvgIpc) is 2.66. The number of anilines is 1. The summed E-state index contributed by atoms with van der Waals surface area (Å²) in [5.41, 5.74) is 2.04. The number of sulfone groups is 1. The zero-order chi connectivity index (χ0) is 21.6. The molecule has 8 heteroatoms. The smallest absolute Gasteiger partial charge is 0.200 e. The number of benzene rings is 1. The first-order valence-corrected chi connectivity index (χ1v) is 11.3. The van der Waals surface area contributed by atoms with Gasteiger partial charge in [-0.15, -0.1) is 0 Å². The molecule has 0 spiro atoms. The van der Waals surface area contributed by atoms with Crippen molar-refractivity contribution in [3.8, 4) is 0 Å². The van der Waals surface area contributed by atoms with Crippen molar-refractivity contribution in [1.82, 2.24) is 9.97 Å². The van der Waals surface area contributed by atoms with E-state index < -0.39 is 9.84 Å². The second kappa shape index (κ2) is 9.73. The van der Waals surface area contributed by atoms with E-state index in [1.165, 1.54) is 18.5 Å². The summed E-state index contributed by atoms with van der Waals surface area (Å²) in [6.07, 6.45) is 6.48. The second-order valence-electron chi connectivity index (χ2n) is 7.21. The topological polar surface area (TPSA) is 89.0 Å². The second-order valence-corrected chi connectivity index (χ2v) is 9.14. The zero-order valence-electron chi connectivity index (χ0n) is 17.0. The van der Waals surface area contributed by atoms with Crippen LogP contribution >= 0.6 is 0 Å². The first-order chi connectivity index (χ1) is 13.6. The van der Waals surface area contributed by atoms with E-state index in [-0.39, 0.29) is 35.8 Å². The molecule has 1 aromatic heterocycles. The van der Waals surface area contributed by atoms with E-state index in [4.69, 9.17) is 0 Å². The van der Waals surface area contributed by atoms with Crippen molar-refractivity contribution in [2.75, 3.05) is 11.6 Å². The number of hydrogen-bond donors (Lipinski definition) is 1. The highest BCUT2D eigenvalue weighted by molar-refractivity contribution is 7.93. The Bertz CT molecular complexity index is 989. The molecular formula is C21H26FN3O3S. The lowest BCUT2D eigenvalue weighted by Gasteiger charge is -2.17. The van der Waals surface area contributed by atoms with Gasteiger partial charge in [0.25, 0.3) is 0 Å². The minimum absolute atomic E-state index is 0.0510. The maximum atomic E-state index is 13.7. The molecule has 0 radical (unpaired) electrons. The van der Waals surface area contributed by atoms with E-state index in [2.05, 4.69) is 15.3 Å². The van der Waals surface area contributed by atoms with Crippen LogP contribution in [0.3, 0.4) is 0 Å². The van der Waals surface area contributed by atoms with Gasteiger partial charge in [-0.1, -0.05) is 25.1 Å². The third-order valence-corrected chi connectivity index (χ3v) is 5.19. The van der Waals surface area contributed by atoms with Crippen LogP contribution in [0.4, 0.5) is 10.1 Å². The van der Waals surface area contributed by atoms with E-state index in [0.29, 0.717) is 17.7 Å². The van der Waals surface area contributed by atoms with Crippen molar-refractivity contribution >= 4 is 21.3 Å². The number of allylic oxidation sites excluding steroid dienone is 1. The van der Waals surface area contributed by atoms with E-state index in [0.717, 1.165) is 17.2 Å². The number of hydrogen-bond acceptors (Lipinski definition) is 6. The number of carbonyl (C=O) groups is 1. The van der Waals surface area contributed by atoms with E-state index in [1.54, 1.807) is 19.1 Å². The molecule has 2 aromatic rings. The lowest BCUT2D eigenvalue weighted by molar-refractivity contribution is 0.0966. The molecule has 1 heterocycles. The molecule has 2 rings (SSSR count). The van der Waals surface area contributed by atoms with Gasteiger partial charge in [-0.3, -0.25) is 4.79 Å². The van der Waals surface area contributed by atoms with Gasteiger partial charge >= 0.3 is 0 Å². The van der Waals surface area contributed by atoms with Gasteiger partial charge in [0.15, 0.2) is 21.4 Å². The summed E-state index contributed by atoms with van der Waals surface area (Å²) in [7, 11) is -3.17. The van der Waals surface area contributed by atoms with Crippen LogP contribution in [0, 0.1) is 18.7 Å². The lowest BCUT2D eigenvalue weighted by Crippen LogP contribution is -2.11. The van der Waals surface area contributed by atoms with Crippen LogP contribution in [0.15, 0.2) is 42.1 Å². The molecule has 156 valence electrons. The SMILES string of the molecule is Cc1c(F)cccc1[C@H](C)Nc1cnc(C(=O)CC[C@H](C)/C=C/S(C)(=O)=O)nc1. The Morgan fingerprint density at radius 1 is 1.24 bits per heavy atom. The summed E-state index contributed by atoms with van der Waals surface area (Å²) in [5.74, 6) is -0.395. The van der Waals surface area contributed by atoms with Crippen LogP contribution in [0.1, 0.15) is 54.5 Å². The van der Waals surface area contributed by atoms with Crippen LogP contribution in [0.25, 0.3) is 0 Å². The number of ketones is 1. The third kappa shape index (κ3) is 7.05. The normalized spacial score (nSPS) is 14.0. The molecule has 0 amide bonds. The summed E-state index contributed by atoms with van der Waals surface area (Å²) < 4.78 is 36.0. The number of aromatic nitrogens is 2. The minimum atomic E-state index is -3.17. The molecule has 0 aliphatic heterocycles. The van der Waals surface area contributed by atoms with Crippen LogP contribution in [-0.2, 0) is 9.84 Å². The van der Waals surface area contributed by atoms with Gasteiger partial charge in [0, 0.05) is 24.1 Å². The van der Waals surface area contributed by atoms with Gasteiger partial charge < -0.3 is 5.32 Å². The van der Waals surface area contributed by atoms with Crippen molar-refractivity contribution in [3.63, 3.8) is 0 Å². The quantitative estimate of drug-likeness (QED) is 0.611. The van der Waals surface area contributed by atoms with Crippen LogP contribution in [0.5, 0.6) is 0 Å². The van der Waals surface area contributed by atoms with Crippen molar-refractivity contribution in [2.24, 2.45) is 5.92 Å². The maximum Gasteiger partial charge on any atom is 0.200 e. The third-order valence-electron chi connectivity index (χ3n) is 4.54. The number of Topliss-reactive ketones (excluding diaryl/α,β-unsaturated/α-hetero) is 1. The highest BCUT2D eigenvalue weighted by Crippen LogP contribution is 2.23. The molecule has 0 aliphatic carbocycles. The Kier molecular flexibility index (Phi) is 7.61. The van der Waals surface area contributed by atoms with Crippen molar-refractivity contribution < 1.29 is 17.6 Å². The van der Waals surface area contributed by atoms with E-state index >= 15 is 0 Å². The van der Waals surface area contributed by atoms with Crippen LogP contribution < -0.4 is 5.32 Å². The Hall–Kier alpha value is -2.61. The molecule has 29 heavy (non-hydrogen) atoms. The molecule has 6 nitrogen and oxygen atoms in total. The predicted molar refractivity (Wildman–Crippen MR) is 112 cm³/mol. The lowest BCUT2D eigenvalue weighted by atomic mass is 10.0. The molecular weight excluding hydrogens is 393 g/mol.